The Morgan fingerprint density at radius 2 is 1.94 bits per heavy atom. The molecule has 1 aromatic carbocycles. The number of amides is 1. The number of nitrogens with one attached hydrogen (secondary N) is 1. The van der Waals surface area contributed by atoms with Crippen molar-refractivity contribution in [1.29, 1.82) is 0 Å². The molecule has 0 aliphatic heterocycles. The van der Waals surface area contributed by atoms with Gasteiger partial charge in [0.05, 0.1) is 24.9 Å². The summed E-state index contributed by atoms with van der Waals surface area (Å²) in [5.41, 5.74) is 2.25. The van der Waals surface area contributed by atoms with E-state index in [1.165, 1.54) is 6.08 Å². The van der Waals surface area contributed by atoms with Crippen molar-refractivity contribution < 1.29 is 23.3 Å². The van der Waals surface area contributed by atoms with Crippen molar-refractivity contribution in [3.05, 3.63) is 58.6 Å². The molecule has 0 bridgehead atoms. The second-order valence-electron chi connectivity index (χ2n) is 8.32. The highest BCUT2D eigenvalue weighted by atomic mass is 16.5. The summed E-state index contributed by atoms with van der Waals surface area (Å²) in [4.78, 5) is 16.5. The summed E-state index contributed by atoms with van der Waals surface area (Å²) in [7, 11) is 1.56. The summed E-state index contributed by atoms with van der Waals surface area (Å²) >= 11 is 0. The van der Waals surface area contributed by atoms with Gasteiger partial charge in [-0.15, -0.1) is 0 Å². The van der Waals surface area contributed by atoms with Crippen molar-refractivity contribution in [3.8, 4) is 11.5 Å². The lowest BCUT2D eigenvalue weighted by Crippen LogP contribution is -2.21. The number of methoxy groups -OCH3 is 1. The molecule has 0 aliphatic rings. The van der Waals surface area contributed by atoms with Gasteiger partial charge in [-0.3, -0.25) is 4.79 Å². The predicted molar refractivity (Wildman–Crippen MR) is 117 cm³/mol. The van der Waals surface area contributed by atoms with E-state index in [0.29, 0.717) is 29.8 Å². The number of carbonyl (C=O) groups excluding carboxylic acids is 1. The van der Waals surface area contributed by atoms with Crippen LogP contribution in [-0.4, -0.2) is 28.3 Å². The lowest BCUT2D eigenvalue weighted by Gasteiger charge is -2.11. The van der Waals surface area contributed by atoms with E-state index < -0.39 is 0 Å². The van der Waals surface area contributed by atoms with Crippen LogP contribution in [0.2, 0.25) is 0 Å². The smallest absolute Gasteiger partial charge is 0.244 e. The van der Waals surface area contributed by atoms with E-state index in [-0.39, 0.29) is 17.9 Å². The number of rotatable bonds is 8. The number of carbonyl (C=O) groups is 1. The van der Waals surface area contributed by atoms with Gasteiger partial charge >= 0.3 is 0 Å². The first-order chi connectivity index (χ1) is 15.2. The van der Waals surface area contributed by atoms with E-state index >= 15 is 0 Å². The molecule has 3 rings (SSSR count). The van der Waals surface area contributed by atoms with E-state index in [0.717, 1.165) is 22.6 Å². The molecule has 2 aromatic heterocycles. The minimum atomic E-state index is -0.273. The van der Waals surface area contributed by atoms with Gasteiger partial charge in [-0.2, -0.15) is 4.98 Å². The van der Waals surface area contributed by atoms with Crippen molar-refractivity contribution in [3.63, 3.8) is 0 Å². The quantitative estimate of drug-likeness (QED) is 0.525. The Kier molecular flexibility index (Phi) is 6.97. The van der Waals surface area contributed by atoms with Crippen molar-refractivity contribution in [2.24, 2.45) is 0 Å². The summed E-state index contributed by atoms with van der Waals surface area (Å²) in [6, 6.07) is 5.42. The molecular weight excluding hydrogens is 412 g/mol. The molecule has 0 fully saturated rings. The molecule has 0 atom stereocenters. The second-order valence-corrected chi connectivity index (χ2v) is 8.32. The van der Waals surface area contributed by atoms with Crippen LogP contribution in [0.1, 0.15) is 55.1 Å². The van der Waals surface area contributed by atoms with Gasteiger partial charge in [0.1, 0.15) is 12.4 Å². The van der Waals surface area contributed by atoms with Crippen molar-refractivity contribution in [2.45, 2.75) is 53.2 Å². The van der Waals surface area contributed by atoms with Crippen LogP contribution in [0.4, 0.5) is 0 Å². The van der Waals surface area contributed by atoms with Gasteiger partial charge in [0.2, 0.25) is 11.8 Å². The van der Waals surface area contributed by atoms with Gasteiger partial charge in [-0.25, -0.2) is 0 Å². The highest BCUT2D eigenvalue weighted by Crippen LogP contribution is 2.30. The van der Waals surface area contributed by atoms with Gasteiger partial charge in [0.25, 0.3) is 0 Å². The lowest BCUT2D eigenvalue weighted by atomic mass is 9.97. The average Bonchev–Trinajstić information content (AvgIpc) is 3.36. The second kappa shape index (κ2) is 9.67. The summed E-state index contributed by atoms with van der Waals surface area (Å²) in [5, 5.41) is 10.6. The van der Waals surface area contributed by atoms with Crippen LogP contribution in [0.25, 0.3) is 6.08 Å². The number of aromatic nitrogens is 3. The third-order valence-electron chi connectivity index (χ3n) is 4.70. The third-order valence-corrected chi connectivity index (χ3v) is 4.70. The number of nitrogens with zero attached hydrogens (tertiary/aromatic N) is 3. The van der Waals surface area contributed by atoms with Crippen LogP contribution in [0, 0.1) is 13.8 Å². The molecule has 170 valence electrons. The molecule has 1 amide bonds. The van der Waals surface area contributed by atoms with Crippen molar-refractivity contribution in [1.82, 2.24) is 20.6 Å². The van der Waals surface area contributed by atoms with Crippen molar-refractivity contribution >= 4 is 12.0 Å². The minimum Gasteiger partial charge on any atom is -0.493 e. The molecule has 0 unspecified atom stereocenters. The van der Waals surface area contributed by atoms with E-state index in [9.17, 15) is 4.79 Å². The number of ether oxygens (including phenoxy) is 2. The molecule has 0 saturated carbocycles. The first-order valence-corrected chi connectivity index (χ1v) is 10.2. The van der Waals surface area contributed by atoms with Gasteiger partial charge in [0, 0.05) is 11.5 Å². The summed E-state index contributed by atoms with van der Waals surface area (Å²) < 4.78 is 21.7. The van der Waals surface area contributed by atoms with Gasteiger partial charge in [0.15, 0.2) is 17.3 Å². The molecule has 1 N–H and O–H groups in total. The summed E-state index contributed by atoms with van der Waals surface area (Å²) in [5.74, 6) is 2.55. The molecule has 0 spiro atoms. The van der Waals surface area contributed by atoms with Crippen LogP contribution in [0.15, 0.2) is 33.3 Å². The van der Waals surface area contributed by atoms with Crippen LogP contribution < -0.4 is 14.8 Å². The molecule has 32 heavy (non-hydrogen) atoms. The first-order valence-electron chi connectivity index (χ1n) is 10.2. The normalized spacial score (nSPS) is 11.7. The maximum absolute atomic E-state index is 12.2. The molecule has 2 heterocycles. The standard InChI is InChI=1S/C23H28N4O5/c1-14-17(15(2)31-26-14)13-30-18-9-7-16(11-19(18)29-6)8-10-21(28)24-12-20-25-22(32-27-20)23(3,4)5/h7-11H,12-13H2,1-6H3,(H,24,28)/b10-8+. The van der Waals surface area contributed by atoms with E-state index in [2.05, 4.69) is 20.6 Å². The predicted octanol–water partition coefficient (Wildman–Crippen LogP) is 3.89. The number of aryl methyl sites for hydroxylation is 2. The van der Waals surface area contributed by atoms with Crippen LogP contribution in [-0.2, 0) is 23.4 Å². The topological polar surface area (TPSA) is 113 Å². The Morgan fingerprint density at radius 3 is 2.56 bits per heavy atom. The van der Waals surface area contributed by atoms with Crippen LogP contribution in [0.5, 0.6) is 11.5 Å². The molecule has 0 radical (unpaired) electrons. The Balaban J connectivity index is 1.58. The zero-order valence-electron chi connectivity index (χ0n) is 19.2. The largest absolute Gasteiger partial charge is 0.493 e. The minimum absolute atomic E-state index is 0.181. The van der Waals surface area contributed by atoms with Crippen LogP contribution in [0.3, 0.4) is 0 Å². The molecule has 3 aromatic rings. The average molecular weight is 441 g/mol. The fraction of sp³-hybridized carbons (Fsp3) is 0.391. The molecule has 0 aliphatic carbocycles. The third kappa shape index (κ3) is 5.75. The maximum Gasteiger partial charge on any atom is 0.244 e. The molecule has 9 heteroatoms. The van der Waals surface area contributed by atoms with E-state index in [1.807, 2.05) is 40.7 Å². The van der Waals surface area contributed by atoms with Crippen LogP contribution >= 0.6 is 0 Å². The summed E-state index contributed by atoms with van der Waals surface area (Å²) in [6.07, 6.45) is 3.12. The van der Waals surface area contributed by atoms with Gasteiger partial charge < -0.3 is 23.8 Å². The zero-order chi connectivity index (χ0) is 23.3. The fourth-order valence-electron chi connectivity index (χ4n) is 2.79. The number of hydrogen-bond donors (Lipinski definition) is 1. The number of hydrogen-bond acceptors (Lipinski definition) is 8. The molecular formula is C23H28N4O5. The maximum atomic E-state index is 12.2. The zero-order valence-corrected chi connectivity index (χ0v) is 19.2. The molecule has 0 saturated heterocycles. The SMILES string of the molecule is COc1cc(/C=C/C(=O)NCc2noc(C(C)(C)C)n2)ccc1OCc1c(C)noc1C. The van der Waals surface area contributed by atoms with Gasteiger partial charge in [-0.05, 0) is 37.6 Å². The van der Waals surface area contributed by atoms with Gasteiger partial charge in [-0.1, -0.05) is 37.2 Å². The van der Waals surface area contributed by atoms with Crippen molar-refractivity contribution in [2.75, 3.05) is 7.11 Å². The fourth-order valence-corrected chi connectivity index (χ4v) is 2.79. The summed E-state index contributed by atoms with van der Waals surface area (Å²) in [6.45, 7) is 10.2. The number of benzene rings is 1. The van der Waals surface area contributed by atoms with E-state index in [4.69, 9.17) is 18.5 Å². The highest BCUT2D eigenvalue weighted by Gasteiger charge is 2.21. The lowest BCUT2D eigenvalue weighted by molar-refractivity contribution is -0.116. The Labute approximate surface area is 186 Å². The monoisotopic (exact) mass is 440 g/mol. The Hall–Kier alpha value is -3.62. The first kappa shape index (κ1) is 23.1. The van der Waals surface area contributed by atoms with E-state index in [1.54, 1.807) is 25.3 Å². The molecule has 9 nitrogen and oxygen atoms in total. The Bertz CT molecular complexity index is 1090. The Morgan fingerprint density at radius 1 is 1.16 bits per heavy atom. The highest BCUT2D eigenvalue weighted by molar-refractivity contribution is 5.91.